The first kappa shape index (κ1) is 16.7. The number of rotatable bonds is 5. The lowest BCUT2D eigenvalue weighted by Crippen LogP contribution is -2.04. The summed E-state index contributed by atoms with van der Waals surface area (Å²) >= 11 is 0. The van der Waals surface area contributed by atoms with Gasteiger partial charge in [0.2, 0.25) is 10.5 Å². The van der Waals surface area contributed by atoms with E-state index in [9.17, 15) is 4.79 Å². The van der Waals surface area contributed by atoms with Gasteiger partial charge >= 0.3 is 5.97 Å². The van der Waals surface area contributed by atoms with Gasteiger partial charge in [-0.15, -0.1) is 0 Å². The van der Waals surface area contributed by atoms with E-state index in [0.717, 1.165) is 16.7 Å². The highest BCUT2D eigenvalue weighted by molar-refractivity contribution is 6.09. The molecule has 0 aliphatic rings. The molecule has 0 aromatic heterocycles. The van der Waals surface area contributed by atoms with Crippen LogP contribution in [0.15, 0.2) is 84.0 Å². The molecule has 0 bridgehead atoms. The van der Waals surface area contributed by atoms with Gasteiger partial charge in [0.05, 0.1) is 0 Å². The van der Waals surface area contributed by atoms with E-state index >= 15 is 0 Å². The second-order valence-corrected chi connectivity index (χ2v) is 5.47. The van der Waals surface area contributed by atoms with Crippen LogP contribution in [0.1, 0.15) is 18.1 Å². The third kappa shape index (κ3) is 5.24. The lowest BCUT2D eigenvalue weighted by atomic mass is 10.1. The van der Waals surface area contributed by atoms with E-state index in [1.807, 2.05) is 85.0 Å². The zero-order valence-electron chi connectivity index (χ0n) is 13.4. The predicted molar refractivity (Wildman–Crippen MR) is 99.7 cm³/mol. The first-order valence-corrected chi connectivity index (χ1v) is 8.28. The Balaban J connectivity index is 2.31. The normalized spacial score (nSPS) is 11.0. The maximum atomic E-state index is 11.9. The lowest BCUT2D eigenvalue weighted by molar-refractivity contribution is -0.129. The largest absolute Gasteiger partial charge is 0.525 e. The fourth-order valence-electron chi connectivity index (χ4n) is 2.08. The lowest BCUT2D eigenvalue weighted by Gasteiger charge is -2.04. The molecule has 0 saturated carbocycles. The van der Waals surface area contributed by atoms with Gasteiger partial charge in [0.1, 0.15) is 0 Å². The monoisotopic (exact) mass is 320 g/mol. The minimum atomic E-state index is -0.262. The van der Waals surface area contributed by atoms with Crippen molar-refractivity contribution in [1.29, 1.82) is 0 Å². The second-order valence-electron chi connectivity index (χ2n) is 5.06. The average Bonchev–Trinajstić information content (AvgIpc) is 2.62. The Kier molecular flexibility index (Phi) is 6.33. The molecule has 0 unspecified atom stereocenters. The van der Waals surface area contributed by atoms with Gasteiger partial charge in [0.15, 0.2) is 0 Å². The van der Waals surface area contributed by atoms with E-state index < -0.39 is 0 Å². The molecule has 0 fully saturated rings. The Bertz CT molecular complexity index is 677. The van der Waals surface area contributed by atoms with E-state index in [-0.39, 0.29) is 5.97 Å². The Morgan fingerprint density at radius 1 is 0.870 bits per heavy atom. The van der Waals surface area contributed by atoms with Crippen molar-refractivity contribution < 1.29 is 9.22 Å². The summed E-state index contributed by atoms with van der Waals surface area (Å²) in [7, 11) is 0.394. The quantitative estimate of drug-likeness (QED) is 0.478. The molecule has 0 amide bonds. The molecule has 0 aliphatic carbocycles. The summed E-state index contributed by atoms with van der Waals surface area (Å²) in [4.78, 5) is 11.9. The summed E-state index contributed by atoms with van der Waals surface area (Å²) in [6.07, 6.45) is 7.88. The fraction of sp³-hybridized carbons (Fsp3) is 0.0500. The summed E-state index contributed by atoms with van der Waals surface area (Å²) in [5, 5.41) is 0. The van der Waals surface area contributed by atoms with Crippen molar-refractivity contribution >= 4 is 28.6 Å². The highest BCUT2D eigenvalue weighted by Gasteiger charge is 2.06. The van der Waals surface area contributed by atoms with E-state index in [1.165, 1.54) is 0 Å². The highest BCUT2D eigenvalue weighted by Crippen LogP contribution is 2.14. The SMILES string of the molecule is CC(C(=O)O[SiH3])=C(C=Cc1ccccc1)C=Cc1ccccc1. The van der Waals surface area contributed by atoms with Crippen molar-refractivity contribution in [3.05, 3.63) is 95.1 Å². The smallest absolute Gasteiger partial charge is 0.320 e. The van der Waals surface area contributed by atoms with Crippen molar-refractivity contribution in [1.82, 2.24) is 0 Å². The van der Waals surface area contributed by atoms with Gasteiger partial charge in [-0.2, -0.15) is 0 Å². The number of hydrogen-bond donors (Lipinski definition) is 0. The van der Waals surface area contributed by atoms with Gasteiger partial charge in [0.25, 0.3) is 0 Å². The molecule has 0 heterocycles. The fourth-order valence-corrected chi connectivity index (χ4v) is 2.38. The van der Waals surface area contributed by atoms with Crippen LogP contribution in [0.4, 0.5) is 0 Å². The van der Waals surface area contributed by atoms with Gasteiger partial charge in [-0.25, -0.2) is 4.79 Å². The average molecular weight is 320 g/mol. The molecule has 2 aromatic carbocycles. The molecule has 2 rings (SSSR count). The first-order valence-electron chi connectivity index (χ1n) is 7.46. The molecule has 2 aromatic rings. The van der Waals surface area contributed by atoms with Crippen molar-refractivity contribution in [2.75, 3.05) is 0 Å². The number of carbonyl (C=O) groups is 1. The Morgan fingerprint density at radius 2 is 1.30 bits per heavy atom. The molecule has 2 nitrogen and oxygen atoms in total. The highest BCUT2D eigenvalue weighted by atomic mass is 28.2. The van der Waals surface area contributed by atoms with Gasteiger partial charge in [-0.1, -0.05) is 85.0 Å². The van der Waals surface area contributed by atoms with Crippen molar-refractivity contribution in [3.63, 3.8) is 0 Å². The molecule has 0 radical (unpaired) electrons. The third-order valence-electron chi connectivity index (χ3n) is 3.43. The third-order valence-corrected chi connectivity index (χ3v) is 3.81. The maximum absolute atomic E-state index is 11.9. The van der Waals surface area contributed by atoms with Gasteiger partial charge in [-0.3, -0.25) is 0 Å². The van der Waals surface area contributed by atoms with Crippen molar-refractivity contribution in [2.45, 2.75) is 6.92 Å². The zero-order chi connectivity index (χ0) is 16.5. The molecule has 23 heavy (non-hydrogen) atoms. The van der Waals surface area contributed by atoms with Crippen LogP contribution in [0.5, 0.6) is 0 Å². The van der Waals surface area contributed by atoms with E-state index in [0.29, 0.717) is 16.1 Å². The Hall–Kier alpha value is -2.65. The molecular formula is C20H20O2Si. The van der Waals surface area contributed by atoms with Gasteiger partial charge in [0, 0.05) is 5.57 Å². The van der Waals surface area contributed by atoms with Crippen LogP contribution in [0, 0.1) is 0 Å². The molecule has 116 valence electrons. The second kappa shape index (κ2) is 8.71. The van der Waals surface area contributed by atoms with Gasteiger partial charge < -0.3 is 4.43 Å². The summed E-state index contributed by atoms with van der Waals surface area (Å²) in [6.45, 7) is 1.79. The van der Waals surface area contributed by atoms with Crippen molar-refractivity contribution in [3.8, 4) is 0 Å². The summed E-state index contributed by atoms with van der Waals surface area (Å²) < 4.78 is 4.97. The molecule has 0 N–H and O–H groups in total. The van der Waals surface area contributed by atoms with Crippen LogP contribution >= 0.6 is 0 Å². The summed E-state index contributed by atoms with van der Waals surface area (Å²) in [6, 6.07) is 20.0. The Labute approximate surface area is 140 Å². The van der Waals surface area contributed by atoms with Crippen LogP contribution < -0.4 is 0 Å². The van der Waals surface area contributed by atoms with Crippen LogP contribution in [0.25, 0.3) is 12.2 Å². The molecule has 0 aliphatic heterocycles. The van der Waals surface area contributed by atoms with Crippen molar-refractivity contribution in [2.24, 2.45) is 0 Å². The van der Waals surface area contributed by atoms with Crippen LogP contribution in [0.3, 0.4) is 0 Å². The van der Waals surface area contributed by atoms with E-state index in [1.54, 1.807) is 6.92 Å². The van der Waals surface area contributed by atoms with Crippen LogP contribution in [-0.2, 0) is 9.22 Å². The van der Waals surface area contributed by atoms with Crippen LogP contribution in [0.2, 0.25) is 0 Å². The standard InChI is InChI=1S/C20H20O2Si/c1-16(20(21)22-23)19(14-12-17-8-4-2-5-9-17)15-13-18-10-6-3-7-11-18/h2-15H,1,23H3. The molecule has 3 heteroatoms. The number of benzene rings is 2. The maximum Gasteiger partial charge on any atom is 0.320 e. The first-order chi connectivity index (χ1) is 11.2. The van der Waals surface area contributed by atoms with Gasteiger partial charge in [-0.05, 0) is 23.6 Å². The number of allylic oxidation sites excluding steroid dienone is 3. The summed E-state index contributed by atoms with van der Waals surface area (Å²) in [5.74, 6) is -0.262. The molecular weight excluding hydrogens is 300 g/mol. The number of hydrogen-bond acceptors (Lipinski definition) is 2. The van der Waals surface area contributed by atoms with Crippen LogP contribution in [-0.4, -0.2) is 16.5 Å². The molecule has 0 saturated heterocycles. The molecule has 0 atom stereocenters. The summed E-state index contributed by atoms with van der Waals surface area (Å²) in [5.41, 5.74) is 3.63. The topological polar surface area (TPSA) is 26.3 Å². The minimum Gasteiger partial charge on any atom is -0.525 e. The number of carbonyl (C=O) groups excluding carboxylic acids is 1. The minimum absolute atomic E-state index is 0.262. The van der Waals surface area contributed by atoms with E-state index in [2.05, 4.69) is 0 Å². The van der Waals surface area contributed by atoms with E-state index in [4.69, 9.17) is 4.43 Å². The molecule has 0 spiro atoms. The predicted octanol–water partition coefficient (Wildman–Crippen LogP) is 3.55. The zero-order valence-corrected chi connectivity index (χ0v) is 15.4. The Morgan fingerprint density at radius 3 is 1.70 bits per heavy atom.